The Morgan fingerprint density at radius 2 is 2.17 bits per heavy atom. The fourth-order valence-corrected chi connectivity index (χ4v) is 1.69. The van der Waals surface area contributed by atoms with Crippen LogP contribution in [0.4, 0.5) is 8.78 Å². The Balaban J connectivity index is 0.00000288. The van der Waals surface area contributed by atoms with Gasteiger partial charge in [0.25, 0.3) is 0 Å². The van der Waals surface area contributed by atoms with Crippen molar-refractivity contribution in [1.82, 2.24) is 15.5 Å². The van der Waals surface area contributed by atoms with Crippen LogP contribution < -0.4 is 20.5 Å². The minimum absolute atomic E-state index is 0. The van der Waals surface area contributed by atoms with Crippen LogP contribution in [0.1, 0.15) is 5.89 Å². The number of aromatic nitrogens is 2. The number of amides is 1. The van der Waals surface area contributed by atoms with E-state index in [2.05, 4.69) is 20.2 Å². The van der Waals surface area contributed by atoms with Gasteiger partial charge in [0, 0.05) is 5.56 Å². The Morgan fingerprint density at radius 1 is 1.42 bits per heavy atom. The molecule has 0 aliphatic rings. The van der Waals surface area contributed by atoms with E-state index >= 15 is 0 Å². The molecule has 1 aromatic carbocycles. The molecule has 0 saturated heterocycles. The Labute approximate surface area is 141 Å². The molecule has 0 atom stereocenters. The van der Waals surface area contributed by atoms with Gasteiger partial charge in [0.05, 0.1) is 20.2 Å². The molecule has 0 fully saturated rings. The van der Waals surface area contributed by atoms with Gasteiger partial charge in [-0.25, -0.2) is 0 Å². The van der Waals surface area contributed by atoms with Crippen LogP contribution in [0.3, 0.4) is 0 Å². The summed E-state index contributed by atoms with van der Waals surface area (Å²) in [5, 5.41) is 6.22. The maximum Gasteiger partial charge on any atom is 0.387 e. The van der Waals surface area contributed by atoms with Crippen molar-refractivity contribution >= 4 is 18.3 Å². The molecule has 1 amide bonds. The van der Waals surface area contributed by atoms with E-state index in [1.807, 2.05) is 0 Å². The van der Waals surface area contributed by atoms with Gasteiger partial charge in [-0.3, -0.25) is 4.79 Å². The summed E-state index contributed by atoms with van der Waals surface area (Å²) in [7, 11) is 1.32. The minimum atomic E-state index is -2.96. The molecule has 0 unspecified atom stereocenters. The molecule has 0 aliphatic carbocycles. The molecular weight excluding hydrogens is 350 g/mol. The monoisotopic (exact) mass is 364 g/mol. The van der Waals surface area contributed by atoms with Gasteiger partial charge in [0.1, 0.15) is 0 Å². The Bertz CT molecular complexity index is 684. The highest BCUT2D eigenvalue weighted by Crippen LogP contribution is 2.32. The number of alkyl halides is 2. The molecule has 0 aliphatic heterocycles. The van der Waals surface area contributed by atoms with Crippen molar-refractivity contribution in [3.8, 4) is 22.9 Å². The Morgan fingerprint density at radius 3 is 2.79 bits per heavy atom. The smallest absolute Gasteiger partial charge is 0.387 e. The zero-order chi connectivity index (χ0) is 16.8. The highest BCUT2D eigenvalue weighted by atomic mass is 35.5. The third-order valence-electron chi connectivity index (χ3n) is 2.73. The van der Waals surface area contributed by atoms with Gasteiger partial charge in [-0.05, 0) is 18.2 Å². The second-order valence-corrected chi connectivity index (χ2v) is 4.24. The van der Waals surface area contributed by atoms with Gasteiger partial charge < -0.3 is 25.0 Å². The van der Waals surface area contributed by atoms with E-state index < -0.39 is 6.61 Å². The third kappa shape index (κ3) is 5.03. The van der Waals surface area contributed by atoms with Crippen molar-refractivity contribution in [2.75, 3.05) is 13.7 Å². The SMILES string of the molecule is COc1cc(-c2noc(CNC(=O)CN)n2)ccc1OC(F)F.Cl. The topological polar surface area (TPSA) is 113 Å². The molecule has 2 rings (SSSR count). The molecule has 3 N–H and O–H groups in total. The zero-order valence-corrected chi connectivity index (χ0v) is 13.3. The van der Waals surface area contributed by atoms with Crippen LogP contribution in [0.5, 0.6) is 11.5 Å². The largest absolute Gasteiger partial charge is 0.493 e. The van der Waals surface area contributed by atoms with Crippen LogP contribution in [-0.4, -0.2) is 36.3 Å². The zero-order valence-electron chi connectivity index (χ0n) is 12.5. The van der Waals surface area contributed by atoms with Crippen LogP contribution in [0, 0.1) is 0 Å². The fraction of sp³-hybridized carbons (Fsp3) is 0.308. The maximum absolute atomic E-state index is 12.3. The van der Waals surface area contributed by atoms with E-state index in [0.29, 0.717) is 5.56 Å². The molecule has 11 heteroatoms. The standard InChI is InChI=1S/C13H14F2N4O4.ClH/c1-21-9-4-7(2-3-8(9)22-13(14)15)12-18-11(23-19-12)6-17-10(20)5-16;/h2-4,13H,5-6,16H2,1H3,(H,17,20);1H. The van der Waals surface area contributed by atoms with Gasteiger partial charge in [-0.1, -0.05) is 5.16 Å². The van der Waals surface area contributed by atoms with E-state index in [1.54, 1.807) is 0 Å². The molecule has 0 spiro atoms. The number of methoxy groups -OCH3 is 1. The molecule has 0 bridgehead atoms. The van der Waals surface area contributed by atoms with Gasteiger partial charge in [0.15, 0.2) is 11.5 Å². The maximum atomic E-state index is 12.3. The van der Waals surface area contributed by atoms with Crippen molar-refractivity contribution < 1.29 is 27.6 Å². The lowest BCUT2D eigenvalue weighted by Gasteiger charge is -2.10. The minimum Gasteiger partial charge on any atom is -0.493 e. The summed E-state index contributed by atoms with van der Waals surface area (Å²) in [6, 6.07) is 4.23. The number of nitrogens with one attached hydrogen (secondary N) is 1. The normalized spacial score (nSPS) is 10.2. The lowest BCUT2D eigenvalue weighted by molar-refractivity contribution is -0.120. The number of nitrogens with zero attached hydrogens (tertiary/aromatic N) is 2. The first kappa shape index (κ1) is 19.6. The van der Waals surface area contributed by atoms with E-state index in [4.69, 9.17) is 15.0 Å². The molecule has 132 valence electrons. The second kappa shape index (κ2) is 8.99. The summed E-state index contributed by atoms with van der Waals surface area (Å²) in [6.45, 7) is -3.08. The van der Waals surface area contributed by atoms with Crippen molar-refractivity contribution in [3.63, 3.8) is 0 Å². The number of halogens is 3. The number of rotatable bonds is 7. The number of benzene rings is 1. The molecule has 24 heavy (non-hydrogen) atoms. The molecule has 1 aromatic heterocycles. The average molecular weight is 365 g/mol. The van der Waals surface area contributed by atoms with Crippen molar-refractivity contribution in [1.29, 1.82) is 0 Å². The van der Waals surface area contributed by atoms with E-state index in [9.17, 15) is 13.6 Å². The summed E-state index contributed by atoms with van der Waals surface area (Å²) in [5.41, 5.74) is 5.63. The van der Waals surface area contributed by atoms with Crippen LogP contribution in [0.15, 0.2) is 22.7 Å². The predicted octanol–water partition coefficient (Wildman–Crippen LogP) is 1.34. The third-order valence-corrected chi connectivity index (χ3v) is 2.73. The summed E-state index contributed by atoms with van der Waals surface area (Å²) in [4.78, 5) is 15.1. The molecule has 2 aromatic rings. The summed E-state index contributed by atoms with van der Waals surface area (Å²) in [6.07, 6.45) is 0. The van der Waals surface area contributed by atoms with Crippen LogP contribution in [0.25, 0.3) is 11.4 Å². The highest BCUT2D eigenvalue weighted by Gasteiger charge is 2.15. The van der Waals surface area contributed by atoms with Crippen LogP contribution >= 0.6 is 12.4 Å². The van der Waals surface area contributed by atoms with Gasteiger partial charge in [0.2, 0.25) is 17.6 Å². The first-order chi connectivity index (χ1) is 11.0. The van der Waals surface area contributed by atoms with Gasteiger partial charge >= 0.3 is 6.61 Å². The molecule has 1 heterocycles. The van der Waals surface area contributed by atoms with E-state index in [0.717, 1.165) is 0 Å². The lowest BCUT2D eigenvalue weighted by Crippen LogP contribution is -2.29. The number of nitrogens with two attached hydrogens (primary N) is 1. The number of hydrogen-bond acceptors (Lipinski definition) is 7. The summed E-state index contributed by atoms with van der Waals surface area (Å²) >= 11 is 0. The second-order valence-electron chi connectivity index (χ2n) is 4.24. The Hall–Kier alpha value is -2.46. The quantitative estimate of drug-likeness (QED) is 0.762. The lowest BCUT2D eigenvalue weighted by atomic mass is 10.2. The average Bonchev–Trinajstić information content (AvgIpc) is 3.01. The molecular formula is C13H15ClF2N4O4. The van der Waals surface area contributed by atoms with Crippen LogP contribution in [-0.2, 0) is 11.3 Å². The number of carbonyl (C=O) groups is 1. The van der Waals surface area contributed by atoms with E-state index in [1.165, 1.54) is 25.3 Å². The van der Waals surface area contributed by atoms with Crippen molar-refractivity contribution in [3.05, 3.63) is 24.1 Å². The Kier molecular flexibility index (Phi) is 7.33. The van der Waals surface area contributed by atoms with E-state index in [-0.39, 0.29) is 54.6 Å². The first-order valence-corrected chi connectivity index (χ1v) is 6.46. The predicted molar refractivity (Wildman–Crippen MR) is 81.1 cm³/mol. The highest BCUT2D eigenvalue weighted by molar-refractivity contribution is 5.85. The summed E-state index contributed by atoms with van der Waals surface area (Å²) in [5.74, 6) is 0.0215. The number of hydrogen-bond donors (Lipinski definition) is 2. The molecule has 8 nitrogen and oxygen atoms in total. The molecule has 0 saturated carbocycles. The van der Waals surface area contributed by atoms with Crippen LogP contribution in [0.2, 0.25) is 0 Å². The van der Waals surface area contributed by atoms with Gasteiger partial charge in [-0.2, -0.15) is 13.8 Å². The number of carbonyl (C=O) groups excluding carboxylic acids is 1. The van der Waals surface area contributed by atoms with Crippen molar-refractivity contribution in [2.24, 2.45) is 5.73 Å². The molecule has 0 radical (unpaired) electrons. The first-order valence-electron chi connectivity index (χ1n) is 6.46. The van der Waals surface area contributed by atoms with Gasteiger partial charge in [-0.15, -0.1) is 12.4 Å². The van der Waals surface area contributed by atoms with Crippen molar-refractivity contribution in [2.45, 2.75) is 13.2 Å². The summed E-state index contributed by atoms with van der Waals surface area (Å²) < 4.78 is 38.9. The fourth-order valence-electron chi connectivity index (χ4n) is 1.69. The number of ether oxygens (including phenoxy) is 2.